The molecule has 7 aromatic rings. The lowest BCUT2D eigenvalue weighted by Gasteiger charge is -2.29. The van der Waals surface area contributed by atoms with E-state index < -0.39 is 22.1 Å². The van der Waals surface area contributed by atoms with Crippen molar-refractivity contribution in [1.82, 2.24) is 0 Å². The molecule has 0 saturated carbocycles. The SMILES string of the molecule is C[P+](Cc1ccccc1)(Cc1ccccc1)Cc1ccccc1.C[P+](Cc1ccccc1)(Cc1ccccc1)Cc1ccccc1.O=P([O-])([O-])c1ccccc1. The van der Waals surface area contributed by atoms with E-state index in [0.717, 1.165) is 0 Å². The molecule has 7 aromatic carbocycles. The summed E-state index contributed by atoms with van der Waals surface area (Å²) >= 11 is 0. The first-order valence-electron chi connectivity index (χ1n) is 19.1. The predicted octanol–water partition coefficient (Wildman–Crippen LogP) is 11.7. The molecule has 0 unspecified atom stereocenters. The molecule has 0 fully saturated rings. The molecule has 0 aliphatic carbocycles. The van der Waals surface area contributed by atoms with Crippen LogP contribution in [0.4, 0.5) is 0 Å². The van der Waals surface area contributed by atoms with Gasteiger partial charge < -0.3 is 14.4 Å². The van der Waals surface area contributed by atoms with Crippen molar-refractivity contribution in [3.8, 4) is 0 Å². The van der Waals surface area contributed by atoms with Gasteiger partial charge in [-0.15, -0.1) is 0 Å². The van der Waals surface area contributed by atoms with E-state index >= 15 is 0 Å². The van der Waals surface area contributed by atoms with Crippen LogP contribution in [0.5, 0.6) is 0 Å². The topological polar surface area (TPSA) is 63.2 Å². The molecule has 0 aliphatic rings. The van der Waals surface area contributed by atoms with Crippen molar-refractivity contribution in [2.45, 2.75) is 37.0 Å². The highest BCUT2D eigenvalue weighted by Crippen LogP contribution is 2.64. The van der Waals surface area contributed by atoms with Crippen LogP contribution < -0.4 is 15.1 Å². The predicted molar refractivity (Wildman–Crippen MR) is 240 cm³/mol. The van der Waals surface area contributed by atoms with Crippen LogP contribution >= 0.6 is 22.1 Å². The van der Waals surface area contributed by atoms with Gasteiger partial charge in [0.15, 0.2) is 0 Å². The number of rotatable bonds is 13. The highest BCUT2D eigenvalue weighted by molar-refractivity contribution is 7.73. The summed E-state index contributed by atoms with van der Waals surface area (Å²) in [5, 5.41) is -0.157. The van der Waals surface area contributed by atoms with E-state index in [4.69, 9.17) is 0 Å². The Morgan fingerprint density at radius 1 is 0.321 bits per heavy atom. The van der Waals surface area contributed by atoms with E-state index in [9.17, 15) is 14.4 Å². The first kappa shape index (κ1) is 42.7. The number of hydrogen-bond acceptors (Lipinski definition) is 3. The summed E-state index contributed by atoms with van der Waals surface area (Å²) in [6.07, 6.45) is 7.24. The van der Waals surface area contributed by atoms with Crippen LogP contribution in [0.25, 0.3) is 0 Å². The van der Waals surface area contributed by atoms with Crippen molar-refractivity contribution in [1.29, 1.82) is 0 Å². The zero-order valence-electron chi connectivity index (χ0n) is 32.5. The molecule has 0 aliphatic heterocycles. The van der Waals surface area contributed by atoms with Crippen molar-refractivity contribution in [2.75, 3.05) is 13.3 Å². The molecule has 286 valence electrons. The Morgan fingerprint density at radius 3 is 0.625 bits per heavy atom. The highest BCUT2D eigenvalue weighted by Gasteiger charge is 2.33. The summed E-state index contributed by atoms with van der Waals surface area (Å²) < 4.78 is 10.3. The van der Waals surface area contributed by atoms with Gasteiger partial charge in [-0.1, -0.05) is 212 Å². The molecule has 0 aromatic heterocycles. The quantitative estimate of drug-likeness (QED) is 0.109. The van der Waals surface area contributed by atoms with Crippen LogP contribution in [-0.4, -0.2) is 13.3 Å². The van der Waals surface area contributed by atoms with Gasteiger partial charge in [0.1, 0.15) is 0 Å². The fraction of sp³-hybridized carbons (Fsp3) is 0.160. The van der Waals surface area contributed by atoms with Gasteiger partial charge in [0.05, 0.1) is 37.0 Å². The van der Waals surface area contributed by atoms with E-state index in [1.807, 2.05) is 0 Å². The summed E-state index contributed by atoms with van der Waals surface area (Å²) in [6.45, 7) is 5.06. The molecule has 0 heterocycles. The van der Waals surface area contributed by atoms with Crippen molar-refractivity contribution in [3.63, 3.8) is 0 Å². The third-order valence-corrected chi connectivity index (χ3v) is 17.2. The van der Waals surface area contributed by atoms with Gasteiger partial charge in [0.2, 0.25) is 0 Å². The summed E-state index contributed by atoms with van der Waals surface area (Å²) in [5.41, 5.74) is 8.81. The Morgan fingerprint density at radius 2 is 0.482 bits per heavy atom. The average Bonchev–Trinajstić information content (AvgIpc) is 3.20. The maximum absolute atomic E-state index is 10.3. The summed E-state index contributed by atoms with van der Waals surface area (Å²) in [5.74, 6) is 0. The molecule has 0 bridgehead atoms. The van der Waals surface area contributed by atoms with Crippen molar-refractivity contribution >= 4 is 27.4 Å². The largest absolute Gasteiger partial charge is 0.807 e. The first-order chi connectivity index (χ1) is 27.1. The molecule has 56 heavy (non-hydrogen) atoms. The summed E-state index contributed by atoms with van der Waals surface area (Å²) in [6, 6.07) is 73.0. The van der Waals surface area contributed by atoms with Crippen LogP contribution in [0, 0.1) is 0 Å². The lowest BCUT2D eigenvalue weighted by molar-refractivity contribution is -0.307. The Hall–Kier alpha value is -4.45. The number of hydrogen-bond donors (Lipinski definition) is 0. The molecule has 0 saturated heterocycles. The van der Waals surface area contributed by atoms with Crippen molar-refractivity contribution in [3.05, 3.63) is 246 Å². The van der Waals surface area contributed by atoms with Crippen LogP contribution in [-0.2, 0) is 41.5 Å². The van der Waals surface area contributed by atoms with Crippen LogP contribution in [0.2, 0.25) is 0 Å². The second-order valence-electron chi connectivity index (χ2n) is 14.9. The third kappa shape index (κ3) is 15.2. The Labute approximate surface area is 336 Å². The maximum atomic E-state index is 10.3. The molecule has 0 amide bonds. The van der Waals surface area contributed by atoms with Gasteiger partial charge in [0, 0.05) is 27.9 Å². The summed E-state index contributed by atoms with van der Waals surface area (Å²) in [7, 11) is -6.79. The normalized spacial score (nSPS) is 11.4. The Balaban J connectivity index is 0.000000173. The Kier molecular flexibility index (Phi) is 16.6. The van der Waals surface area contributed by atoms with E-state index in [1.165, 1.54) is 94.6 Å². The molecule has 6 heteroatoms. The summed E-state index contributed by atoms with van der Waals surface area (Å²) in [4.78, 5) is 20.6. The lowest BCUT2D eigenvalue weighted by atomic mass is 10.2. The Bertz CT molecular complexity index is 1810. The fourth-order valence-electron chi connectivity index (χ4n) is 7.09. The van der Waals surface area contributed by atoms with E-state index in [2.05, 4.69) is 195 Å². The lowest BCUT2D eigenvalue weighted by Crippen LogP contribution is -2.24. The minimum Gasteiger partial charge on any atom is -0.807 e. The minimum absolute atomic E-state index is 0.157. The third-order valence-electron chi connectivity index (χ3n) is 9.52. The highest BCUT2D eigenvalue weighted by atomic mass is 31.2. The molecular formula is C50H53O3P3. The smallest absolute Gasteiger partial charge is 0.0846 e. The standard InChI is InChI=1S/2C22H24P.C6H7O3P/c2*1-23(17-20-11-5-2-6-12-20,18-21-13-7-3-8-14-21)19-22-15-9-4-10-16-22;7-10(8,9)6-4-2-1-3-5-6/h2*2-16H,17-19H2,1H3;1-5H,(H2,7,8,9)/q2*+1;/p-2. The second-order valence-corrected chi connectivity index (χ2v) is 24.8. The molecule has 7 rings (SSSR count). The zero-order chi connectivity index (χ0) is 39.5. The maximum Gasteiger partial charge on any atom is 0.0846 e. The van der Waals surface area contributed by atoms with Gasteiger partial charge in [-0.2, -0.15) is 0 Å². The van der Waals surface area contributed by atoms with E-state index in [0.29, 0.717) is 0 Å². The van der Waals surface area contributed by atoms with Gasteiger partial charge in [-0.25, -0.2) is 0 Å². The van der Waals surface area contributed by atoms with E-state index in [1.54, 1.807) is 6.07 Å². The molecule has 0 N–H and O–H groups in total. The minimum atomic E-state index is -4.52. The molecule has 3 nitrogen and oxygen atoms in total. The fourth-order valence-corrected chi connectivity index (χ4v) is 14.9. The molecule has 0 spiro atoms. The van der Waals surface area contributed by atoms with Crippen LogP contribution in [0.1, 0.15) is 33.4 Å². The zero-order valence-corrected chi connectivity index (χ0v) is 35.2. The van der Waals surface area contributed by atoms with Gasteiger partial charge in [-0.3, -0.25) is 0 Å². The second kappa shape index (κ2) is 21.7. The van der Waals surface area contributed by atoms with Crippen molar-refractivity contribution < 1.29 is 14.4 Å². The van der Waals surface area contributed by atoms with Crippen LogP contribution in [0.15, 0.2) is 212 Å². The molecule has 0 atom stereocenters. The molecule has 0 radical (unpaired) electrons. The van der Waals surface area contributed by atoms with Crippen molar-refractivity contribution in [2.24, 2.45) is 0 Å². The van der Waals surface area contributed by atoms with Gasteiger partial charge in [0.25, 0.3) is 0 Å². The average molecular weight is 795 g/mol. The number of benzene rings is 7. The van der Waals surface area contributed by atoms with E-state index in [-0.39, 0.29) is 5.30 Å². The monoisotopic (exact) mass is 794 g/mol. The van der Waals surface area contributed by atoms with Gasteiger partial charge >= 0.3 is 0 Å². The first-order valence-corrected chi connectivity index (χ1v) is 26.2. The van der Waals surface area contributed by atoms with Crippen LogP contribution in [0.3, 0.4) is 0 Å². The van der Waals surface area contributed by atoms with Gasteiger partial charge in [-0.05, 0) is 46.3 Å². The molecular weight excluding hydrogens is 741 g/mol.